The number of rotatable bonds is 3. The lowest BCUT2D eigenvalue weighted by Crippen LogP contribution is -1.91. The molecule has 0 spiro atoms. The highest BCUT2D eigenvalue weighted by Crippen LogP contribution is 2.45. The van der Waals surface area contributed by atoms with Gasteiger partial charge in [0.05, 0.1) is 28.8 Å². The molecule has 0 radical (unpaired) electrons. The van der Waals surface area contributed by atoms with Crippen LogP contribution in [0.5, 0.6) is 0 Å². The summed E-state index contributed by atoms with van der Waals surface area (Å²) in [6, 6.07) is -12.0. The van der Waals surface area contributed by atoms with Gasteiger partial charge in [-0.2, -0.15) is 0 Å². The van der Waals surface area contributed by atoms with Crippen LogP contribution in [0, 0.1) is 0 Å². The van der Waals surface area contributed by atoms with Crippen LogP contribution in [0.1, 0.15) is 28.8 Å². The minimum atomic E-state index is -0.934. The van der Waals surface area contributed by atoms with Crippen LogP contribution >= 0.6 is 0 Å². The van der Waals surface area contributed by atoms with Gasteiger partial charge in [0.2, 0.25) is 0 Å². The van der Waals surface area contributed by atoms with Crippen molar-refractivity contribution in [1.29, 1.82) is 0 Å². The van der Waals surface area contributed by atoms with Crippen LogP contribution in [0.25, 0.3) is 76.9 Å². The Morgan fingerprint density at radius 1 is 0.385 bits per heavy atom. The second kappa shape index (κ2) is 8.72. The molecule has 0 unspecified atom stereocenters. The zero-order valence-electron chi connectivity index (χ0n) is 40.6. The van der Waals surface area contributed by atoms with Crippen molar-refractivity contribution >= 4 is 43.5 Å². The Morgan fingerprint density at radius 3 is 1.62 bits per heavy atom. The molecule has 1 heteroatoms. The van der Waals surface area contributed by atoms with Crippen LogP contribution < -0.4 is 0 Å². The molecule has 0 N–H and O–H groups in total. The molecule has 39 heavy (non-hydrogen) atoms. The molecule has 1 aromatic heterocycles. The molecule has 0 amide bonds. The largest absolute Gasteiger partial charge is 0.456 e. The van der Waals surface area contributed by atoms with Crippen molar-refractivity contribution in [2.24, 2.45) is 0 Å². The average molecular weight is 518 g/mol. The molecule has 8 aromatic rings. The fourth-order valence-corrected chi connectivity index (χ4v) is 4.78. The summed E-state index contributed by atoms with van der Waals surface area (Å²) >= 11 is 0. The number of fused-ring (bicyclic) bond motifs is 5. The van der Waals surface area contributed by atoms with E-state index < -0.39 is 160 Å². The van der Waals surface area contributed by atoms with E-state index >= 15 is 0 Å². The maximum atomic E-state index is 9.50. The van der Waals surface area contributed by atoms with E-state index in [1.807, 2.05) is 0 Å². The Morgan fingerprint density at radius 2 is 0.923 bits per heavy atom. The lowest BCUT2D eigenvalue weighted by Gasteiger charge is -2.18. The van der Waals surface area contributed by atoms with E-state index in [1.165, 1.54) is 18.2 Å². The van der Waals surface area contributed by atoms with Gasteiger partial charge in [-0.1, -0.05) is 121 Å². The Hall–Kier alpha value is -5.14. The third-order valence-corrected chi connectivity index (χ3v) is 6.40. The number of hydrogen-bond donors (Lipinski definition) is 0. The van der Waals surface area contributed by atoms with E-state index in [4.69, 9.17) is 26.3 Å². The van der Waals surface area contributed by atoms with Gasteiger partial charge in [-0.05, 0) is 79.1 Å². The second-order valence-electron chi connectivity index (χ2n) is 8.52. The highest BCUT2D eigenvalue weighted by atomic mass is 16.3. The van der Waals surface area contributed by atoms with Crippen molar-refractivity contribution in [3.63, 3.8) is 0 Å². The van der Waals surface area contributed by atoms with Crippen molar-refractivity contribution in [3.8, 4) is 33.4 Å². The van der Waals surface area contributed by atoms with Gasteiger partial charge in [0.1, 0.15) is 11.2 Å². The second-order valence-corrected chi connectivity index (χ2v) is 8.52. The van der Waals surface area contributed by atoms with Gasteiger partial charge in [0, 0.05) is 10.8 Å². The zero-order valence-corrected chi connectivity index (χ0v) is 19.6. The van der Waals surface area contributed by atoms with Gasteiger partial charge < -0.3 is 4.42 Å². The van der Waals surface area contributed by atoms with E-state index in [0.717, 1.165) is 0 Å². The van der Waals surface area contributed by atoms with Crippen LogP contribution in [0.15, 0.2) is 150 Å². The molecule has 0 atom stereocenters. The molecule has 0 aliphatic carbocycles. The van der Waals surface area contributed by atoms with E-state index in [1.54, 1.807) is 0 Å². The van der Waals surface area contributed by atoms with Crippen LogP contribution in [0.4, 0.5) is 0 Å². The number of para-hydroxylation sites is 1. The Balaban J connectivity index is 1.67. The number of furan rings is 1. The Bertz CT molecular complexity index is 3220. The normalized spacial score (nSPS) is 19.1. The maximum absolute atomic E-state index is 9.50. The van der Waals surface area contributed by atoms with Crippen molar-refractivity contribution in [2.75, 3.05) is 0 Å². The highest BCUT2D eigenvalue weighted by molar-refractivity contribution is 6.22. The van der Waals surface area contributed by atoms with E-state index in [-0.39, 0.29) is 43.8 Å². The summed E-state index contributed by atoms with van der Waals surface area (Å²) in [5.74, 6) is 0. The molecular formula is C38H24O. The van der Waals surface area contributed by atoms with Crippen molar-refractivity contribution in [2.45, 2.75) is 0 Å². The van der Waals surface area contributed by atoms with Gasteiger partial charge in [0.25, 0.3) is 0 Å². The molecule has 0 saturated carbocycles. The average Bonchev–Trinajstić information content (AvgIpc) is 3.62. The smallest absolute Gasteiger partial charge is 0.135 e. The van der Waals surface area contributed by atoms with E-state index in [9.17, 15) is 6.85 Å². The molecule has 7 aromatic carbocycles. The van der Waals surface area contributed by atoms with Gasteiger partial charge in [0.15, 0.2) is 0 Å². The van der Waals surface area contributed by atoms with E-state index in [2.05, 4.69) is 0 Å². The third kappa shape index (κ3) is 3.48. The summed E-state index contributed by atoms with van der Waals surface area (Å²) in [4.78, 5) is 0. The molecule has 1 nitrogen and oxygen atoms in total. The van der Waals surface area contributed by atoms with Crippen molar-refractivity contribution < 1.29 is 33.2 Å². The molecule has 0 saturated heterocycles. The van der Waals surface area contributed by atoms with Crippen LogP contribution in [0.2, 0.25) is 0 Å². The lowest BCUT2D eigenvalue weighted by atomic mass is 9.85. The molecule has 0 bridgehead atoms. The zero-order chi connectivity index (χ0) is 44.0. The van der Waals surface area contributed by atoms with Crippen LogP contribution in [0.3, 0.4) is 0 Å². The first-order valence-electron chi connectivity index (χ1n) is 22.1. The topological polar surface area (TPSA) is 13.1 Å². The standard InChI is InChI=1S/C38H24O/c1-2-11-25(12-3-1)26-13-10-14-27(23-26)37-30-16-4-6-18-32(30)38(33-19-7-5-17-31(33)37)28-21-22-36-34(24-28)29-15-8-9-20-35(29)39-36/h1-24H/i1D,2D,3D,4D,5D,6D,7D,8D,9D,10D,11D,12D,13D,14D,15D,16D,17D,18D,19D,20D,23D. The van der Waals surface area contributed by atoms with Gasteiger partial charge in [-0.25, -0.2) is 0 Å². The molecule has 0 aliphatic heterocycles. The molecule has 8 rings (SSSR count). The highest BCUT2D eigenvalue weighted by Gasteiger charge is 2.18. The van der Waals surface area contributed by atoms with E-state index in [0.29, 0.717) is 0 Å². The quantitative estimate of drug-likeness (QED) is 0.212. The first-order chi connectivity index (χ1) is 28.1. The Labute approximate surface area is 256 Å². The molecule has 1 heterocycles. The first kappa shape index (κ1) is 9.55. The van der Waals surface area contributed by atoms with Crippen LogP contribution in [-0.2, 0) is 0 Å². The predicted molar refractivity (Wildman–Crippen MR) is 165 cm³/mol. The molecular weight excluding hydrogens is 472 g/mol. The monoisotopic (exact) mass is 517 g/mol. The summed E-state index contributed by atoms with van der Waals surface area (Å²) < 4.78 is 189. The Kier molecular flexibility index (Phi) is 2.14. The summed E-state index contributed by atoms with van der Waals surface area (Å²) in [6.07, 6.45) is 0. The fraction of sp³-hybridized carbons (Fsp3) is 0. The lowest BCUT2D eigenvalue weighted by molar-refractivity contribution is 0.669. The summed E-state index contributed by atoms with van der Waals surface area (Å²) in [5, 5.41) is -1.66. The van der Waals surface area contributed by atoms with Crippen molar-refractivity contribution in [1.82, 2.24) is 0 Å². The SMILES string of the molecule is [2H]c1c([2H])c([2H])c(-c2c([2H])c([2H])c([2H])c(-c3c4c([2H])c([2H])c([2H])c([2H])c4c(-c4ccc5oc6c([2H])c([2H])c([2H])c([2H])c6c5c4)c4c([2H])c([2H])c([2H])c([2H])c34)c2[2H])c([2H])c1[2H]. The van der Waals surface area contributed by atoms with Gasteiger partial charge in [-0.3, -0.25) is 0 Å². The fourth-order valence-electron chi connectivity index (χ4n) is 4.78. The first-order valence-corrected chi connectivity index (χ1v) is 11.6. The minimum absolute atomic E-state index is 0.0360. The van der Waals surface area contributed by atoms with Gasteiger partial charge >= 0.3 is 0 Å². The van der Waals surface area contributed by atoms with Crippen LogP contribution in [-0.4, -0.2) is 0 Å². The summed E-state index contributed by atoms with van der Waals surface area (Å²) in [5.41, 5.74) is -2.90. The number of benzene rings is 7. The number of hydrogen-bond acceptors (Lipinski definition) is 1. The predicted octanol–water partition coefficient (Wildman–Crippen LogP) is 10.9. The third-order valence-electron chi connectivity index (χ3n) is 6.40. The molecule has 0 fully saturated rings. The summed E-state index contributed by atoms with van der Waals surface area (Å²) in [6.45, 7) is 0. The minimum Gasteiger partial charge on any atom is -0.456 e. The molecule has 182 valence electrons. The summed E-state index contributed by atoms with van der Waals surface area (Å²) in [7, 11) is 0. The maximum Gasteiger partial charge on any atom is 0.135 e. The van der Waals surface area contributed by atoms with Gasteiger partial charge in [-0.15, -0.1) is 0 Å². The molecule has 0 aliphatic rings. The van der Waals surface area contributed by atoms with Crippen molar-refractivity contribution in [3.05, 3.63) is 145 Å².